The molecule has 0 heterocycles. The maximum atomic E-state index is 0. The van der Waals surface area contributed by atoms with Crippen LogP contribution in [0.5, 0.6) is 0 Å². The summed E-state index contributed by atoms with van der Waals surface area (Å²) in [6, 6.07) is 0. The van der Waals surface area contributed by atoms with Gasteiger partial charge in [-0.2, -0.15) is 0 Å². The molecule has 0 rings (SSSR count). The minimum atomic E-state index is 0. The topological polar surface area (TPSA) is 67.0 Å². The molecule has 0 fully saturated rings. The molecule has 4 heavy (non-hydrogen) atoms. The van der Waals surface area contributed by atoms with Gasteiger partial charge >= 0.3 is 56.6 Å². The fraction of sp³-hybridized carbons (Fsp3) is 0. The van der Waals surface area contributed by atoms with Crippen molar-refractivity contribution in [2.75, 3.05) is 0 Å². The zero-order chi connectivity index (χ0) is 0. The number of nitrogens with two attached hydrogens (primary N) is 2. The Hall–Kier alpha value is 1.78. The number of hydrogen-bond donors (Lipinski definition) is 0. The molecule has 0 aliphatic rings. The zero-order valence-electron chi connectivity index (χ0n) is 3.86. The van der Waals surface area contributed by atoms with Crippen molar-refractivity contribution in [2.24, 2.45) is 0 Å². The van der Waals surface area contributed by atoms with Gasteiger partial charge in [0, 0.05) is 0 Å². The van der Waals surface area contributed by atoms with Crippen LogP contribution in [-0.2, 0) is 0 Å². The van der Waals surface area contributed by atoms with Gasteiger partial charge in [0.25, 0.3) is 0 Å². The summed E-state index contributed by atoms with van der Waals surface area (Å²) < 4.78 is 0. The van der Waals surface area contributed by atoms with Gasteiger partial charge in [-0.1, -0.05) is 0 Å². The van der Waals surface area contributed by atoms with E-state index in [1.807, 2.05) is 0 Å². The summed E-state index contributed by atoms with van der Waals surface area (Å²) in [5.41, 5.74) is 0. The minimum Gasteiger partial charge on any atom is -1.00 e. The quantitative estimate of drug-likeness (QED) is 0.307. The average Bonchev–Trinajstić information content (AvgIpc) is 0. The second kappa shape index (κ2) is 21.6. The van der Waals surface area contributed by atoms with E-state index in [0.29, 0.717) is 0 Å². The molecule has 0 bridgehead atoms. The second-order valence-corrected chi connectivity index (χ2v) is 0. The summed E-state index contributed by atoms with van der Waals surface area (Å²) in [6.45, 7) is 0. The van der Waals surface area contributed by atoms with E-state index < -0.39 is 0 Å². The first-order valence-corrected chi connectivity index (χ1v) is 0. The molecule has 0 amide bonds. The first kappa shape index (κ1) is 41.7. The van der Waals surface area contributed by atoms with Crippen LogP contribution in [0, 0.1) is 0 Å². The van der Waals surface area contributed by atoms with E-state index >= 15 is 0 Å². The SMILES string of the molecule is [Ca+2].[H-].[Li+].[NH2-].[NH2-]. The van der Waals surface area contributed by atoms with E-state index in [0.717, 1.165) is 0 Å². The fourth-order valence-electron chi connectivity index (χ4n) is 0. The van der Waals surface area contributed by atoms with Crippen molar-refractivity contribution >= 4 is 37.7 Å². The van der Waals surface area contributed by atoms with Gasteiger partial charge in [-0.15, -0.1) is 0 Å². The molecule has 18 valence electrons. The molecule has 0 saturated heterocycles. The van der Waals surface area contributed by atoms with E-state index in [4.69, 9.17) is 0 Å². The van der Waals surface area contributed by atoms with Gasteiger partial charge in [0.15, 0.2) is 0 Å². The molecule has 0 aliphatic carbocycles. The Morgan fingerprint density at radius 1 is 1.00 bits per heavy atom. The third kappa shape index (κ3) is 9.22. The molecule has 0 radical (unpaired) electrons. The van der Waals surface area contributed by atoms with Crippen molar-refractivity contribution in [1.82, 2.24) is 0 Å². The predicted molar refractivity (Wildman–Crippen MR) is 17.4 cm³/mol. The summed E-state index contributed by atoms with van der Waals surface area (Å²) in [5, 5.41) is 0. The van der Waals surface area contributed by atoms with Gasteiger partial charge in [-0.25, -0.2) is 0 Å². The normalized spacial score (nSPS) is 0. The molecule has 0 aromatic carbocycles. The molecule has 0 aliphatic heterocycles. The Kier molecular flexibility index (Phi) is 225. The van der Waals surface area contributed by atoms with Crippen molar-refractivity contribution in [3.8, 4) is 0 Å². The Morgan fingerprint density at radius 3 is 1.00 bits per heavy atom. The fourth-order valence-corrected chi connectivity index (χ4v) is 0. The maximum Gasteiger partial charge on any atom is 2.00 e. The molecular weight excluding hydrogens is 75.0 g/mol. The van der Waals surface area contributed by atoms with Crippen LogP contribution in [0.4, 0.5) is 0 Å². The maximum absolute atomic E-state index is 0. The van der Waals surface area contributed by atoms with Gasteiger partial charge in [0.05, 0.1) is 0 Å². The monoisotopic (exact) mass is 80.0 g/mol. The smallest absolute Gasteiger partial charge is 1.00 e. The van der Waals surface area contributed by atoms with Gasteiger partial charge in [-0.05, 0) is 0 Å². The van der Waals surface area contributed by atoms with E-state index in [9.17, 15) is 0 Å². The molecule has 0 spiro atoms. The minimum absolute atomic E-state index is 0. The molecule has 2 nitrogen and oxygen atoms in total. The van der Waals surface area contributed by atoms with Crippen LogP contribution in [0.2, 0.25) is 0 Å². The molecule has 0 saturated carbocycles. The third-order valence-electron chi connectivity index (χ3n) is 0. The van der Waals surface area contributed by atoms with Crippen molar-refractivity contribution in [2.45, 2.75) is 0 Å². The summed E-state index contributed by atoms with van der Waals surface area (Å²) in [5.74, 6) is 0. The predicted octanol–water partition coefficient (Wildman–Crippen LogP) is -1.83. The molecule has 0 unspecified atom stereocenters. The molecule has 4 N–H and O–H groups in total. The Labute approximate surface area is 69.5 Å². The number of hydrogen-bond acceptors (Lipinski definition) is 0. The van der Waals surface area contributed by atoms with Crippen LogP contribution in [0.3, 0.4) is 0 Å². The average molecular weight is 80.1 g/mol. The van der Waals surface area contributed by atoms with E-state index in [1.54, 1.807) is 0 Å². The van der Waals surface area contributed by atoms with E-state index in [1.165, 1.54) is 0 Å². The van der Waals surface area contributed by atoms with Gasteiger partial charge in [-0.3, -0.25) is 0 Å². The number of rotatable bonds is 0. The first-order valence-electron chi connectivity index (χ1n) is 0. The Morgan fingerprint density at radius 2 is 1.00 bits per heavy atom. The summed E-state index contributed by atoms with van der Waals surface area (Å²) in [4.78, 5) is 0. The summed E-state index contributed by atoms with van der Waals surface area (Å²) in [6.07, 6.45) is 0. The van der Waals surface area contributed by atoms with Gasteiger partial charge in [0.2, 0.25) is 0 Å². The molecular formula is H5CaLiN2. The largest absolute Gasteiger partial charge is 2.00 e. The molecule has 0 aromatic heterocycles. The van der Waals surface area contributed by atoms with Crippen LogP contribution in [0.1, 0.15) is 1.43 Å². The molecule has 0 atom stereocenters. The van der Waals surface area contributed by atoms with Crippen LogP contribution >= 0.6 is 0 Å². The van der Waals surface area contributed by atoms with Crippen molar-refractivity contribution in [1.29, 1.82) is 0 Å². The first-order chi connectivity index (χ1) is 0. The van der Waals surface area contributed by atoms with Crippen LogP contribution < -0.4 is 18.9 Å². The van der Waals surface area contributed by atoms with Crippen molar-refractivity contribution < 1.29 is 20.3 Å². The Bertz CT molecular complexity index is 9.61. The summed E-state index contributed by atoms with van der Waals surface area (Å²) >= 11 is 0. The third-order valence-corrected chi connectivity index (χ3v) is 0. The van der Waals surface area contributed by atoms with Crippen molar-refractivity contribution in [3.63, 3.8) is 0 Å². The van der Waals surface area contributed by atoms with Gasteiger partial charge < -0.3 is 13.7 Å². The van der Waals surface area contributed by atoms with E-state index in [-0.39, 0.29) is 70.3 Å². The van der Waals surface area contributed by atoms with Crippen LogP contribution in [0.25, 0.3) is 12.3 Å². The Balaban J connectivity index is 0. The van der Waals surface area contributed by atoms with E-state index in [2.05, 4.69) is 0 Å². The van der Waals surface area contributed by atoms with Gasteiger partial charge in [0.1, 0.15) is 0 Å². The van der Waals surface area contributed by atoms with Crippen molar-refractivity contribution in [3.05, 3.63) is 12.3 Å². The standard InChI is InChI=1S/Ca.Li.2H2N.H/h;;2*1H2;/q+2;+1;3*-1. The molecule has 0 aromatic rings. The second-order valence-electron chi connectivity index (χ2n) is 0. The molecule has 4 heteroatoms. The zero-order valence-corrected chi connectivity index (χ0v) is 5.07. The summed E-state index contributed by atoms with van der Waals surface area (Å²) in [7, 11) is 0. The van der Waals surface area contributed by atoms with Crippen LogP contribution in [-0.4, -0.2) is 37.7 Å². The van der Waals surface area contributed by atoms with Crippen LogP contribution in [0.15, 0.2) is 0 Å².